The Kier molecular flexibility index (Phi) is 5.42. The number of nitrogens with zero attached hydrogens (tertiary/aromatic N) is 1. The number of hydrogen-bond acceptors (Lipinski definition) is 6. The maximum atomic E-state index is 12.7. The molecule has 1 saturated heterocycles. The third-order valence-electron chi connectivity index (χ3n) is 4.52. The molecule has 0 aliphatic carbocycles. The van der Waals surface area contributed by atoms with Gasteiger partial charge in [0.15, 0.2) is 0 Å². The third kappa shape index (κ3) is 4.01. The number of rotatable bonds is 5. The molecule has 2 atom stereocenters. The molecular formula is C20H21NO6S. The topological polar surface area (TPSA) is 90.0 Å². The average molecular weight is 403 g/mol. The summed E-state index contributed by atoms with van der Waals surface area (Å²) < 4.78 is 36.8. The minimum absolute atomic E-state index is 0.179. The van der Waals surface area contributed by atoms with Gasteiger partial charge >= 0.3 is 11.9 Å². The largest absolute Gasteiger partial charge is 0.460 e. The molecule has 0 bridgehead atoms. The molecule has 0 N–H and O–H groups in total. The molecule has 0 radical (unpaired) electrons. The molecule has 0 unspecified atom stereocenters. The molecule has 1 aliphatic rings. The summed E-state index contributed by atoms with van der Waals surface area (Å²) in [5, 5.41) is 0. The van der Waals surface area contributed by atoms with Crippen LogP contribution in [0.15, 0.2) is 53.4 Å². The van der Waals surface area contributed by atoms with E-state index in [4.69, 9.17) is 9.47 Å². The Balaban J connectivity index is 1.73. The van der Waals surface area contributed by atoms with E-state index in [2.05, 4.69) is 0 Å². The second-order valence-electron chi connectivity index (χ2n) is 6.71. The fourth-order valence-corrected chi connectivity index (χ4v) is 4.02. The molecule has 2 aromatic rings. The summed E-state index contributed by atoms with van der Waals surface area (Å²) in [7, 11) is -2.28. The maximum absolute atomic E-state index is 12.7. The van der Waals surface area contributed by atoms with Gasteiger partial charge in [-0.3, -0.25) is 4.31 Å². The first-order valence-electron chi connectivity index (χ1n) is 8.75. The summed E-state index contributed by atoms with van der Waals surface area (Å²) in [4.78, 5) is 24.0. The van der Waals surface area contributed by atoms with E-state index >= 15 is 0 Å². The number of sulfonamides is 1. The standard InChI is InChI=1S/C20H21NO6S/c1-13-4-10-17(11-5-13)28(24,25)21(3)16-8-6-15(7-9-16)19(22)27-18-12-14(2)26-20(18)23/h4-11,14,18H,12H2,1-3H3/t14-,18+/m1/s1. The van der Waals surface area contributed by atoms with Crippen LogP contribution in [0, 0.1) is 6.92 Å². The first kappa shape index (κ1) is 19.9. The van der Waals surface area contributed by atoms with Crippen molar-refractivity contribution in [2.45, 2.75) is 37.4 Å². The highest BCUT2D eigenvalue weighted by atomic mass is 32.2. The van der Waals surface area contributed by atoms with Gasteiger partial charge in [-0.2, -0.15) is 0 Å². The lowest BCUT2D eigenvalue weighted by molar-refractivity contribution is -0.147. The Bertz CT molecular complexity index is 982. The van der Waals surface area contributed by atoms with Crippen LogP contribution in [0.2, 0.25) is 0 Å². The first-order valence-corrected chi connectivity index (χ1v) is 10.2. The Morgan fingerprint density at radius 1 is 1.11 bits per heavy atom. The van der Waals surface area contributed by atoms with Crippen molar-refractivity contribution >= 4 is 27.6 Å². The van der Waals surface area contributed by atoms with E-state index in [1.165, 1.54) is 31.3 Å². The van der Waals surface area contributed by atoms with Crippen LogP contribution in [0.5, 0.6) is 0 Å². The van der Waals surface area contributed by atoms with Gasteiger partial charge in [0.2, 0.25) is 6.10 Å². The second-order valence-corrected chi connectivity index (χ2v) is 8.68. The Hall–Kier alpha value is -2.87. The third-order valence-corrected chi connectivity index (χ3v) is 6.32. The number of esters is 2. The smallest absolute Gasteiger partial charge is 0.347 e. The van der Waals surface area contributed by atoms with Crippen molar-refractivity contribution in [3.63, 3.8) is 0 Å². The Labute approximate surface area is 163 Å². The van der Waals surface area contributed by atoms with Crippen molar-refractivity contribution in [3.8, 4) is 0 Å². The molecule has 148 valence electrons. The summed E-state index contributed by atoms with van der Waals surface area (Å²) in [5.41, 5.74) is 1.58. The van der Waals surface area contributed by atoms with Crippen LogP contribution in [0.4, 0.5) is 5.69 Å². The Morgan fingerprint density at radius 3 is 2.25 bits per heavy atom. The molecular weight excluding hydrogens is 382 g/mol. The van der Waals surface area contributed by atoms with E-state index in [9.17, 15) is 18.0 Å². The van der Waals surface area contributed by atoms with Gasteiger partial charge in [0, 0.05) is 13.5 Å². The molecule has 1 fully saturated rings. The highest BCUT2D eigenvalue weighted by molar-refractivity contribution is 7.92. The van der Waals surface area contributed by atoms with Gasteiger partial charge in [-0.15, -0.1) is 0 Å². The summed E-state index contributed by atoms with van der Waals surface area (Å²) >= 11 is 0. The van der Waals surface area contributed by atoms with E-state index in [0.717, 1.165) is 9.87 Å². The lowest BCUT2D eigenvalue weighted by Gasteiger charge is -2.20. The number of benzene rings is 2. The van der Waals surface area contributed by atoms with Crippen LogP contribution in [0.1, 0.15) is 29.3 Å². The van der Waals surface area contributed by atoms with Crippen LogP contribution in [0.3, 0.4) is 0 Å². The second kappa shape index (κ2) is 7.63. The molecule has 2 aromatic carbocycles. The quantitative estimate of drug-likeness (QED) is 0.713. The molecule has 1 heterocycles. The minimum Gasteiger partial charge on any atom is -0.460 e. The van der Waals surface area contributed by atoms with Crippen molar-refractivity contribution in [2.75, 3.05) is 11.4 Å². The fraction of sp³-hybridized carbons (Fsp3) is 0.300. The van der Waals surface area contributed by atoms with Crippen molar-refractivity contribution in [3.05, 3.63) is 59.7 Å². The predicted molar refractivity (Wildman–Crippen MR) is 103 cm³/mol. The van der Waals surface area contributed by atoms with Gasteiger partial charge in [-0.25, -0.2) is 18.0 Å². The molecule has 0 amide bonds. The number of ether oxygens (including phenoxy) is 2. The number of hydrogen-bond donors (Lipinski definition) is 0. The zero-order valence-electron chi connectivity index (χ0n) is 15.8. The van der Waals surface area contributed by atoms with Gasteiger partial charge < -0.3 is 9.47 Å². The van der Waals surface area contributed by atoms with Crippen molar-refractivity contribution in [2.24, 2.45) is 0 Å². The summed E-state index contributed by atoms with van der Waals surface area (Å²) in [6.45, 7) is 3.61. The van der Waals surface area contributed by atoms with Crippen LogP contribution in [0.25, 0.3) is 0 Å². The predicted octanol–water partition coefficient (Wildman–Crippen LogP) is 2.68. The van der Waals surface area contributed by atoms with E-state index in [-0.39, 0.29) is 16.6 Å². The van der Waals surface area contributed by atoms with Crippen LogP contribution in [-0.2, 0) is 24.3 Å². The van der Waals surface area contributed by atoms with Gasteiger partial charge in [0.1, 0.15) is 6.10 Å². The van der Waals surface area contributed by atoms with Crippen LogP contribution in [-0.4, -0.2) is 39.6 Å². The molecule has 28 heavy (non-hydrogen) atoms. The van der Waals surface area contributed by atoms with Crippen molar-refractivity contribution in [1.29, 1.82) is 0 Å². The highest BCUT2D eigenvalue weighted by Crippen LogP contribution is 2.24. The first-order chi connectivity index (χ1) is 13.2. The van der Waals surface area contributed by atoms with Gasteiger partial charge in [0.25, 0.3) is 10.0 Å². The zero-order chi connectivity index (χ0) is 20.5. The van der Waals surface area contributed by atoms with E-state index in [1.54, 1.807) is 31.2 Å². The number of cyclic esters (lactones) is 1. The number of carbonyl (C=O) groups is 2. The maximum Gasteiger partial charge on any atom is 0.347 e. The fourth-order valence-electron chi connectivity index (χ4n) is 2.83. The lowest BCUT2D eigenvalue weighted by atomic mass is 10.2. The SMILES string of the molecule is Cc1ccc(S(=O)(=O)N(C)c2ccc(C(=O)O[C@H]3C[C@@H](C)OC3=O)cc2)cc1. The Morgan fingerprint density at radius 2 is 1.71 bits per heavy atom. The van der Waals surface area contributed by atoms with E-state index < -0.39 is 28.1 Å². The van der Waals surface area contributed by atoms with Gasteiger partial charge in [-0.1, -0.05) is 17.7 Å². The van der Waals surface area contributed by atoms with Gasteiger partial charge in [0.05, 0.1) is 16.1 Å². The molecule has 0 saturated carbocycles. The highest BCUT2D eigenvalue weighted by Gasteiger charge is 2.35. The van der Waals surface area contributed by atoms with Crippen molar-refractivity contribution in [1.82, 2.24) is 0 Å². The molecule has 3 rings (SSSR count). The number of aryl methyl sites for hydroxylation is 1. The molecule has 8 heteroatoms. The monoisotopic (exact) mass is 403 g/mol. The summed E-state index contributed by atoms with van der Waals surface area (Å²) in [5.74, 6) is -1.21. The van der Waals surface area contributed by atoms with E-state index in [0.29, 0.717) is 12.1 Å². The zero-order valence-corrected chi connectivity index (χ0v) is 16.6. The lowest BCUT2D eigenvalue weighted by Crippen LogP contribution is -2.26. The van der Waals surface area contributed by atoms with Crippen LogP contribution < -0.4 is 4.31 Å². The van der Waals surface area contributed by atoms with Crippen molar-refractivity contribution < 1.29 is 27.5 Å². The van der Waals surface area contributed by atoms with E-state index in [1.807, 2.05) is 6.92 Å². The number of anilines is 1. The molecule has 1 aliphatic heterocycles. The summed E-state index contributed by atoms with van der Waals surface area (Å²) in [6.07, 6.45) is -0.875. The average Bonchev–Trinajstić information content (AvgIpc) is 2.98. The molecule has 0 spiro atoms. The molecule has 0 aromatic heterocycles. The summed E-state index contributed by atoms with van der Waals surface area (Å²) in [6, 6.07) is 12.5. The normalized spacial score (nSPS) is 19.2. The minimum atomic E-state index is -3.72. The van der Waals surface area contributed by atoms with Gasteiger partial charge in [-0.05, 0) is 50.2 Å². The molecule has 7 nitrogen and oxygen atoms in total. The number of carbonyl (C=O) groups excluding carboxylic acids is 2. The van der Waals surface area contributed by atoms with Crippen LogP contribution >= 0.6 is 0 Å².